The molecule has 1 aliphatic carbocycles. The van der Waals surface area contributed by atoms with Crippen molar-refractivity contribution in [2.75, 3.05) is 19.6 Å². The summed E-state index contributed by atoms with van der Waals surface area (Å²) in [6.45, 7) is 5.08. The monoisotopic (exact) mass is 210 g/mol. The van der Waals surface area contributed by atoms with Crippen LogP contribution in [0.4, 0.5) is 0 Å². The lowest BCUT2D eigenvalue weighted by Gasteiger charge is -2.31. The van der Waals surface area contributed by atoms with Crippen LogP contribution in [0.15, 0.2) is 0 Å². The predicted octanol–water partition coefficient (Wildman–Crippen LogP) is 1.39. The number of nitrogens with one attached hydrogen (secondary N) is 1. The SMILES string of the molecule is CCNC(CN1CCCCC1=O)C1CC1. The largest absolute Gasteiger partial charge is 0.341 e. The molecule has 0 spiro atoms. The van der Waals surface area contributed by atoms with Gasteiger partial charge in [-0.1, -0.05) is 6.92 Å². The molecule has 0 aromatic carbocycles. The van der Waals surface area contributed by atoms with Crippen molar-refractivity contribution in [2.45, 2.75) is 45.1 Å². The molecule has 0 aromatic rings. The van der Waals surface area contributed by atoms with E-state index in [1.807, 2.05) is 0 Å². The van der Waals surface area contributed by atoms with Crippen LogP contribution in [-0.4, -0.2) is 36.5 Å². The lowest BCUT2D eigenvalue weighted by atomic mass is 10.1. The maximum Gasteiger partial charge on any atom is 0.222 e. The molecule has 1 saturated carbocycles. The number of rotatable bonds is 5. The molecule has 1 amide bonds. The molecule has 15 heavy (non-hydrogen) atoms. The normalized spacial score (nSPS) is 24.3. The summed E-state index contributed by atoms with van der Waals surface area (Å²) < 4.78 is 0. The van der Waals surface area contributed by atoms with Crippen LogP contribution in [0.1, 0.15) is 39.0 Å². The van der Waals surface area contributed by atoms with E-state index < -0.39 is 0 Å². The van der Waals surface area contributed by atoms with Crippen molar-refractivity contribution in [1.29, 1.82) is 0 Å². The van der Waals surface area contributed by atoms with Gasteiger partial charge in [0, 0.05) is 25.6 Å². The van der Waals surface area contributed by atoms with Crippen LogP contribution in [-0.2, 0) is 4.79 Å². The lowest BCUT2D eigenvalue weighted by Crippen LogP contribution is -2.46. The van der Waals surface area contributed by atoms with E-state index in [9.17, 15) is 4.79 Å². The van der Waals surface area contributed by atoms with Gasteiger partial charge in [-0.3, -0.25) is 4.79 Å². The molecular weight excluding hydrogens is 188 g/mol. The number of likely N-dealkylation sites (N-methyl/N-ethyl adjacent to an activating group) is 1. The second-order valence-corrected chi connectivity index (χ2v) is 4.80. The molecule has 2 rings (SSSR count). The third kappa shape index (κ3) is 2.94. The number of carbonyl (C=O) groups is 1. The Labute approximate surface area is 92.2 Å². The average molecular weight is 210 g/mol. The maximum absolute atomic E-state index is 11.7. The van der Waals surface area contributed by atoms with Gasteiger partial charge in [-0.05, 0) is 38.1 Å². The van der Waals surface area contributed by atoms with E-state index in [0.29, 0.717) is 11.9 Å². The standard InChI is InChI=1S/C12H22N2O/c1-2-13-11(10-6-7-10)9-14-8-4-3-5-12(14)15/h10-11,13H,2-9H2,1H3. The van der Waals surface area contributed by atoms with Crippen LogP contribution in [0.3, 0.4) is 0 Å². The van der Waals surface area contributed by atoms with Gasteiger partial charge in [0.05, 0.1) is 0 Å². The highest BCUT2D eigenvalue weighted by Gasteiger charge is 2.33. The van der Waals surface area contributed by atoms with Crippen LogP contribution in [0.5, 0.6) is 0 Å². The van der Waals surface area contributed by atoms with Gasteiger partial charge in [-0.25, -0.2) is 0 Å². The van der Waals surface area contributed by atoms with Crippen LogP contribution >= 0.6 is 0 Å². The second-order valence-electron chi connectivity index (χ2n) is 4.80. The molecule has 1 atom stereocenters. The zero-order valence-electron chi connectivity index (χ0n) is 9.67. The molecule has 1 heterocycles. The summed E-state index contributed by atoms with van der Waals surface area (Å²) in [6.07, 6.45) is 5.74. The first-order valence-electron chi connectivity index (χ1n) is 6.32. The van der Waals surface area contributed by atoms with Gasteiger partial charge in [-0.15, -0.1) is 0 Å². The van der Waals surface area contributed by atoms with E-state index in [4.69, 9.17) is 0 Å². The summed E-state index contributed by atoms with van der Waals surface area (Å²) in [5.74, 6) is 1.20. The first-order chi connectivity index (χ1) is 7.31. The fourth-order valence-electron chi connectivity index (χ4n) is 2.43. The third-order valence-electron chi connectivity index (χ3n) is 3.50. The maximum atomic E-state index is 11.7. The summed E-state index contributed by atoms with van der Waals surface area (Å²) in [7, 11) is 0. The Morgan fingerprint density at radius 2 is 2.27 bits per heavy atom. The summed E-state index contributed by atoms with van der Waals surface area (Å²) in [4.78, 5) is 13.7. The molecule has 1 unspecified atom stereocenters. The molecule has 1 N–H and O–H groups in total. The highest BCUT2D eigenvalue weighted by molar-refractivity contribution is 5.76. The number of hydrogen-bond acceptors (Lipinski definition) is 2. The van der Waals surface area contributed by atoms with Crippen molar-refractivity contribution >= 4 is 5.91 Å². The number of nitrogens with zero attached hydrogens (tertiary/aromatic N) is 1. The number of piperidine rings is 1. The van der Waals surface area contributed by atoms with Crippen LogP contribution in [0.2, 0.25) is 0 Å². The minimum atomic E-state index is 0.366. The summed E-state index contributed by atoms with van der Waals surface area (Å²) >= 11 is 0. The van der Waals surface area contributed by atoms with E-state index in [-0.39, 0.29) is 0 Å². The van der Waals surface area contributed by atoms with Gasteiger partial charge in [0.2, 0.25) is 5.91 Å². The lowest BCUT2D eigenvalue weighted by molar-refractivity contribution is -0.133. The molecule has 0 radical (unpaired) electrons. The van der Waals surface area contributed by atoms with Gasteiger partial charge in [-0.2, -0.15) is 0 Å². The quantitative estimate of drug-likeness (QED) is 0.743. The first-order valence-corrected chi connectivity index (χ1v) is 6.32. The topological polar surface area (TPSA) is 32.3 Å². The Kier molecular flexibility index (Phi) is 3.62. The zero-order chi connectivity index (χ0) is 10.7. The van der Waals surface area contributed by atoms with Gasteiger partial charge in [0.1, 0.15) is 0 Å². The van der Waals surface area contributed by atoms with E-state index in [0.717, 1.165) is 38.4 Å². The first kappa shape index (κ1) is 10.9. The van der Waals surface area contributed by atoms with Crippen LogP contribution in [0.25, 0.3) is 0 Å². The molecule has 1 saturated heterocycles. The molecule has 1 aliphatic heterocycles. The number of hydrogen-bond donors (Lipinski definition) is 1. The summed E-state index contributed by atoms with van der Waals surface area (Å²) in [6, 6.07) is 0.553. The zero-order valence-corrected chi connectivity index (χ0v) is 9.67. The Morgan fingerprint density at radius 3 is 2.87 bits per heavy atom. The van der Waals surface area contributed by atoms with Crippen molar-refractivity contribution in [3.05, 3.63) is 0 Å². The minimum Gasteiger partial charge on any atom is -0.341 e. The minimum absolute atomic E-state index is 0.366. The number of likely N-dealkylation sites (tertiary alicyclic amines) is 1. The third-order valence-corrected chi connectivity index (χ3v) is 3.50. The summed E-state index contributed by atoms with van der Waals surface area (Å²) in [5, 5.41) is 3.52. The molecule has 0 aromatic heterocycles. The van der Waals surface area contributed by atoms with Crippen molar-refractivity contribution in [1.82, 2.24) is 10.2 Å². The predicted molar refractivity (Wildman–Crippen MR) is 60.6 cm³/mol. The van der Waals surface area contributed by atoms with Gasteiger partial charge < -0.3 is 10.2 Å². The number of amides is 1. The van der Waals surface area contributed by atoms with E-state index >= 15 is 0 Å². The fourth-order valence-corrected chi connectivity index (χ4v) is 2.43. The smallest absolute Gasteiger partial charge is 0.222 e. The van der Waals surface area contributed by atoms with Crippen molar-refractivity contribution < 1.29 is 4.79 Å². The van der Waals surface area contributed by atoms with Crippen molar-refractivity contribution in [3.63, 3.8) is 0 Å². The molecular formula is C12H22N2O. The Morgan fingerprint density at radius 1 is 1.47 bits per heavy atom. The molecule has 0 bridgehead atoms. The van der Waals surface area contributed by atoms with E-state index in [1.165, 1.54) is 19.3 Å². The molecule has 2 aliphatic rings. The fraction of sp³-hybridized carbons (Fsp3) is 0.917. The highest BCUT2D eigenvalue weighted by atomic mass is 16.2. The average Bonchev–Trinajstić information content (AvgIpc) is 3.04. The summed E-state index contributed by atoms with van der Waals surface area (Å²) in [5.41, 5.74) is 0. The van der Waals surface area contributed by atoms with Gasteiger partial charge in [0.25, 0.3) is 0 Å². The Balaban J connectivity index is 1.83. The van der Waals surface area contributed by atoms with E-state index in [2.05, 4.69) is 17.1 Å². The molecule has 3 nitrogen and oxygen atoms in total. The Hall–Kier alpha value is -0.570. The Bertz CT molecular complexity index is 226. The highest BCUT2D eigenvalue weighted by Crippen LogP contribution is 2.33. The van der Waals surface area contributed by atoms with E-state index in [1.54, 1.807) is 0 Å². The van der Waals surface area contributed by atoms with Crippen molar-refractivity contribution in [2.24, 2.45) is 5.92 Å². The van der Waals surface area contributed by atoms with Crippen LogP contribution in [0, 0.1) is 5.92 Å². The van der Waals surface area contributed by atoms with Crippen molar-refractivity contribution in [3.8, 4) is 0 Å². The van der Waals surface area contributed by atoms with Gasteiger partial charge >= 0.3 is 0 Å². The molecule has 86 valence electrons. The molecule has 2 fully saturated rings. The molecule has 3 heteroatoms. The van der Waals surface area contributed by atoms with Crippen LogP contribution < -0.4 is 5.32 Å². The van der Waals surface area contributed by atoms with Gasteiger partial charge in [0.15, 0.2) is 0 Å². The number of carbonyl (C=O) groups excluding carboxylic acids is 1. The second kappa shape index (κ2) is 4.97.